The van der Waals surface area contributed by atoms with Gasteiger partial charge in [-0.2, -0.15) is 0 Å². The number of benzene rings is 2. The first kappa shape index (κ1) is 25.7. The van der Waals surface area contributed by atoms with Crippen LogP contribution in [0, 0.1) is 5.92 Å². The Balaban J connectivity index is 1.58. The van der Waals surface area contributed by atoms with Crippen molar-refractivity contribution in [3.05, 3.63) is 59.7 Å². The molecule has 1 fully saturated rings. The number of rotatable bonds is 8. The SMILES string of the molecule is CC(C)CCOc1ccc(C(=O)NC(=S)Nc2ccccc2C(=O)N(C)C2CCCCC2)cc1. The summed E-state index contributed by atoms with van der Waals surface area (Å²) in [5.74, 6) is 0.936. The van der Waals surface area contributed by atoms with Gasteiger partial charge in [0.1, 0.15) is 5.75 Å². The molecule has 0 saturated heterocycles. The van der Waals surface area contributed by atoms with Crippen LogP contribution < -0.4 is 15.4 Å². The van der Waals surface area contributed by atoms with E-state index >= 15 is 0 Å². The average molecular weight is 482 g/mol. The number of nitrogens with zero attached hydrogens (tertiary/aromatic N) is 1. The molecule has 2 aromatic carbocycles. The van der Waals surface area contributed by atoms with Crippen LogP contribution in [0.5, 0.6) is 5.75 Å². The number of anilines is 1. The third-order valence-corrected chi connectivity index (χ3v) is 6.36. The van der Waals surface area contributed by atoms with Crippen LogP contribution in [0.3, 0.4) is 0 Å². The van der Waals surface area contributed by atoms with E-state index in [1.54, 1.807) is 36.4 Å². The first-order valence-electron chi connectivity index (χ1n) is 12.1. The molecule has 0 spiro atoms. The zero-order valence-electron chi connectivity index (χ0n) is 20.3. The Kier molecular flexibility index (Phi) is 9.45. The minimum Gasteiger partial charge on any atom is -0.494 e. The number of hydrogen-bond acceptors (Lipinski definition) is 4. The fraction of sp³-hybridized carbons (Fsp3) is 0.444. The van der Waals surface area contributed by atoms with Gasteiger partial charge in [0.2, 0.25) is 0 Å². The van der Waals surface area contributed by atoms with Crippen molar-refractivity contribution in [2.45, 2.75) is 58.4 Å². The molecule has 0 unspecified atom stereocenters. The molecule has 0 heterocycles. The van der Waals surface area contributed by atoms with Gasteiger partial charge in [-0.3, -0.25) is 14.9 Å². The summed E-state index contributed by atoms with van der Waals surface area (Å²) in [7, 11) is 1.87. The minimum absolute atomic E-state index is 0.0443. The molecule has 0 aliphatic heterocycles. The summed E-state index contributed by atoms with van der Waals surface area (Å²) < 4.78 is 5.70. The first-order valence-corrected chi connectivity index (χ1v) is 12.5. The number of thiocarbonyl (C=S) groups is 1. The maximum Gasteiger partial charge on any atom is 0.257 e. The smallest absolute Gasteiger partial charge is 0.257 e. The topological polar surface area (TPSA) is 70.7 Å². The summed E-state index contributed by atoms with van der Waals surface area (Å²) in [6, 6.07) is 14.5. The van der Waals surface area contributed by atoms with E-state index in [4.69, 9.17) is 17.0 Å². The quantitative estimate of drug-likeness (QED) is 0.477. The maximum atomic E-state index is 13.2. The largest absolute Gasteiger partial charge is 0.494 e. The highest BCUT2D eigenvalue weighted by Crippen LogP contribution is 2.25. The predicted octanol–water partition coefficient (Wildman–Crippen LogP) is 5.64. The molecule has 0 radical (unpaired) electrons. The van der Waals surface area contributed by atoms with E-state index in [0.717, 1.165) is 37.9 Å². The van der Waals surface area contributed by atoms with Crippen molar-refractivity contribution in [2.75, 3.05) is 19.0 Å². The number of nitrogens with one attached hydrogen (secondary N) is 2. The van der Waals surface area contributed by atoms with Crippen LogP contribution in [-0.2, 0) is 0 Å². The average Bonchev–Trinajstić information content (AvgIpc) is 2.84. The Morgan fingerprint density at radius 2 is 1.74 bits per heavy atom. The Hall–Kier alpha value is -2.93. The summed E-state index contributed by atoms with van der Waals surface area (Å²) in [4.78, 5) is 27.7. The molecule has 3 rings (SSSR count). The van der Waals surface area contributed by atoms with Crippen molar-refractivity contribution in [2.24, 2.45) is 5.92 Å². The second-order valence-electron chi connectivity index (χ2n) is 9.22. The zero-order chi connectivity index (χ0) is 24.5. The van der Waals surface area contributed by atoms with Gasteiger partial charge in [-0.1, -0.05) is 45.2 Å². The molecule has 2 N–H and O–H groups in total. The number of ether oxygens (including phenoxy) is 1. The Morgan fingerprint density at radius 3 is 2.41 bits per heavy atom. The lowest BCUT2D eigenvalue weighted by atomic mass is 9.94. The molecular weight excluding hydrogens is 446 g/mol. The van der Waals surface area contributed by atoms with Crippen molar-refractivity contribution in [1.82, 2.24) is 10.2 Å². The van der Waals surface area contributed by atoms with Crippen molar-refractivity contribution >= 4 is 34.8 Å². The predicted molar refractivity (Wildman–Crippen MR) is 140 cm³/mol. The molecule has 2 aromatic rings. The summed E-state index contributed by atoms with van der Waals surface area (Å²) in [5.41, 5.74) is 1.59. The summed E-state index contributed by atoms with van der Waals surface area (Å²) in [5, 5.41) is 5.87. The van der Waals surface area contributed by atoms with Crippen molar-refractivity contribution in [3.8, 4) is 5.75 Å². The normalized spacial score (nSPS) is 13.9. The third kappa shape index (κ3) is 7.29. The van der Waals surface area contributed by atoms with Crippen LogP contribution in [0.15, 0.2) is 48.5 Å². The lowest BCUT2D eigenvalue weighted by Gasteiger charge is -2.31. The van der Waals surface area contributed by atoms with E-state index in [0.29, 0.717) is 29.3 Å². The van der Waals surface area contributed by atoms with E-state index in [-0.39, 0.29) is 23.0 Å². The van der Waals surface area contributed by atoms with E-state index in [1.165, 1.54) is 6.42 Å². The highest BCUT2D eigenvalue weighted by molar-refractivity contribution is 7.80. The fourth-order valence-corrected chi connectivity index (χ4v) is 4.25. The summed E-state index contributed by atoms with van der Waals surface area (Å²) in [6.45, 7) is 4.94. The van der Waals surface area contributed by atoms with E-state index < -0.39 is 0 Å². The number of carbonyl (C=O) groups is 2. The molecule has 34 heavy (non-hydrogen) atoms. The van der Waals surface area contributed by atoms with E-state index in [2.05, 4.69) is 24.5 Å². The molecule has 2 amide bonds. The summed E-state index contributed by atoms with van der Waals surface area (Å²) >= 11 is 5.36. The minimum atomic E-state index is -0.325. The lowest BCUT2D eigenvalue weighted by Crippen LogP contribution is -2.39. The van der Waals surface area contributed by atoms with Crippen LogP contribution in [0.25, 0.3) is 0 Å². The maximum absolute atomic E-state index is 13.2. The van der Waals surface area contributed by atoms with E-state index in [1.807, 2.05) is 24.1 Å². The molecule has 0 bridgehead atoms. The molecular formula is C27H35N3O3S. The second kappa shape index (κ2) is 12.5. The number of carbonyl (C=O) groups excluding carboxylic acids is 2. The van der Waals surface area contributed by atoms with Gasteiger partial charge in [-0.15, -0.1) is 0 Å². The monoisotopic (exact) mass is 481 g/mol. The Morgan fingerprint density at radius 1 is 1.06 bits per heavy atom. The molecule has 6 nitrogen and oxygen atoms in total. The van der Waals surface area contributed by atoms with Crippen molar-refractivity contribution < 1.29 is 14.3 Å². The standard InChI is InChI=1S/C27H35N3O3S/c1-19(2)17-18-33-22-15-13-20(14-16-22)25(31)29-27(34)28-24-12-8-7-11-23(24)26(32)30(3)21-9-5-4-6-10-21/h7-8,11-16,19,21H,4-6,9-10,17-18H2,1-3H3,(H2,28,29,31,34). The number of hydrogen-bond donors (Lipinski definition) is 2. The third-order valence-electron chi connectivity index (χ3n) is 6.16. The van der Waals surface area contributed by atoms with Crippen LogP contribution in [0.1, 0.15) is 73.1 Å². The van der Waals surface area contributed by atoms with Gasteiger partial charge in [0.25, 0.3) is 11.8 Å². The highest BCUT2D eigenvalue weighted by atomic mass is 32.1. The Labute approximate surface area is 208 Å². The van der Waals surface area contributed by atoms with Gasteiger partial charge < -0.3 is 15.0 Å². The van der Waals surface area contributed by atoms with Crippen LogP contribution >= 0.6 is 12.2 Å². The lowest BCUT2D eigenvalue weighted by molar-refractivity contribution is 0.0697. The number of amides is 2. The summed E-state index contributed by atoms with van der Waals surface area (Å²) in [6.07, 6.45) is 6.59. The van der Waals surface area contributed by atoms with Gasteiger partial charge >= 0.3 is 0 Å². The van der Waals surface area contributed by atoms with Crippen molar-refractivity contribution in [1.29, 1.82) is 0 Å². The molecule has 1 aliphatic carbocycles. The van der Waals surface area contributed by atoms with E-state index in [9.17, 15) is 9.59 Å². The molecule has 7 heteroatoms. The molecule has 0 aromatic heterocycles. The number of para-hydroxylation sites is 1. The highest BCUT2D eigenvalue weighted by Gasteiger charge is 2.24. The zero-order valence-corrected chi connectivity index (χ0v) is 21.1. The van der Waals surface area contributed by atoms with Gasteiger partial charge in [-0.05, 0) is 73.8 Å². The molecule has 182 valence electrons. The van der Waals surface area contributed by atoms with Crippen LogP contribution in [0.4, 0.5) is 5.69 Å². The second-order valence-corrected chi connectivity index (χ2v) is 9.63. The molecule has 1 aliphatic rings. The van der Waals surface area contributed by atoms with Crippen molar-refractivity contribution in [3.63, 3.8) is 0 Å². The fourth-order valence-electron chi connectivity index (χ4n) is 4.05. The van der Waals surface area contributed by atoms with Crippen LogP contribution in [0.2, 0.25) is 0 Å². The Bertz CT molecular complexity index is 985. The molecule has 1 saturated carbocycles. The van der Waals surface area contributed by atoms with Gasteiger partial charge in [-0.25, -0.2) is 0 Å². The van der Waals surface area contributed by atoms with Gasteiger partial charge in [0, 0.05) is 18.7 Å². The van der Waals surface area contributed by atoms with Gasteiger partial charge in [0.15, 0.2) is 5.11 Å². The molecule has 0 atom stereocenters. The van der Waals surface area contributed by atoms with Crippen LogP contribution in [-0.4, -0.2) is 41.5 Å². The first-order chi connectivity index (χ1) is 16.3. The van der Waals surface area contributed by atoms with Gasteiger partial charge in [0.05, 0.1) is 17.9 Å².